The molecule has 0 spiro atoms. The molecule has 1 fully saturated rings. The molecule has 2 N–H and O–H groups in total. The number of nitriles is 1. The SMILES string of the molecule is CC(Nc1cnccc1C#N)(C(=O)O)C1CC1. The van der Waals surface area contributed by atoms with E-state index in [1.54, 1.807) is 13.0 Å². The molecular weight excluding hydrogens is 218 g/mol. The van der Waals surface area contributed by atoms with Crippen LogP contribution in [0.5, 0.6) is 0 Å². The van der Waals surface area contributed by atoms with Gasteiger partial charge in [0, 0.05) is 6.20 Å². The van der Waals surface area contributed by atoms with E-state index >= 15 is 0 Å². The molecule has 1 aliphatic rings. The van der Waals surface area contributed by atoms with Crippen molar-refractivity contribution in [3.63, 3.8) is 0 Å². The Balaban J connectivity index is 2.30. The van der Waals surface area contributed by atoms with E-state index in [1.807, 2.05) is 6.07 Å². The van der Waals surface area contributed by atoms with E-state index in [2.05, 4.69) is 10.3 Å². The van der Waals surface area contributed by atoms with E-state index in [4.69, 9.17) is 5.26 Å². The van der Waals surface area contributed by atoms with Crippen LogP contribution in [-0.4, -0.2) is 21.6 Å². The summed E-state index contributed by atoms with van der Waals surface area (Å²) in [6.45, 7) is 1.65. The fourth-order valence-corrected chi connectivity index (χ4v) is 1.86. The maximum Gasteiger partial charge on any atom is 0.329 e. The highest BCUT2D eigenvalue weighted by atomic mass is 16.4. The lowest BCUT2D eigenvalue weighted by Crippen LogP contribution is -2.45. The maximum atomic E-state index is 11.3. The van der Waals surface area contributed by atoms with E-state index in [-0.39, 0.29) is 5.92 Å². The van der Waals surface area contributed by atoms with Crippen LogP contribution < -0.4 is 5.32 Å². The van der Waals surface area contributed by atoms with Crippen LogP contribution in [0.1, 0.15) is 25.3 Å². The summed E-state index contributed by atoms with van der Waals surface area (Å²) in [6, 6.07) is 3.59. The van der Waals surface area contributed by atoms with Crippen LogP contribution in [0.3, 0.4) is 0 Å². The largest absolute Gasteiger partial charge is 0.480 e. The summed E-state index contributed by atoms with van der Waals surface area (Å²) in [7, 11) is 0. The van der Waals surface area contributed by atoms with Crippen molar-refractivity contribution in [3.8, 4) is 6.07 Å². The van der Waals surface area contributed by atoms with E-state index < -0.39 is 11.5 Å². The molecule has 1 unspecified atom stereocenters. The van der Waals surface area contributed by atoms with Crippen molar-refractivity contribution in [1.29, 1.82) is 5.26 Å². The van der Waals surface area contributed by atoms with Gasteiger partial charge in [-0.1, -0.05) is 0 Å². The van der Waals surface area contributed by atoms with Crippen LogP contribution in [0.25, 0.3) is 0 Å². The number of anilines is 1. The molecule has 0 bridgehead atoms. The van der Waals surface area contributed by atoms with Gasteiger partial charge in [-0.15, -0.1) is 0 Å². The average molecular weight is 231 g/mol. The Hall–Kier alpha value is -2.09. The van der Waals surface area contributed by atoms with Gasteiger partial charge in [0.2, 0.25) is 0 Å². The summed E-state index contributed by atoms with van der Waals surface area (Å²) in [5.41, 5.74) is -0.130. The number of nitrogens with zero attached hydrogens (tertiary/aromatic N) is 2. The van der Waals surface area contributed by atoms with E-state index in [9.17, 15) is 9.90 Å². The summed E-state index contributed by atoms with van der Waals surface area (Å²) in [6.07, 6.45) is 4.80. The standard InChI is InChI=1S/C12H13N3O2/c1-12(11(16)17,9-2-3-9)15-10-7-14-5-4-8(10)6-13/h4-5,7,9,15H,2-3H2,1H3,(H,16,17). The van der Waals surface area contributed by atoms with Gasteiger partial charge in [-0.2, -0.15) is 5.26 Å². The predicted molar refractivity (Wildman–Crippen MR) is 61.3 cm³/mol. The van der Waals surface area contributed by atoms with Crippen LogP contribution in [0, 0.1) is 17.2 Å². The monoisotopic (exact) mass is 231 g/mol. The van der Waals surface area contributed by atoms with Crippen molar-refractivity contribution in [2.24, 2.45) is 5.92 Å². The first-order chi connectivity index (χ1) is 8.08. The number of hydrogen-bond acceptors (Lipinski definition) is 4. The second-order valence-corrected chi connectivity index (χ2v) is 4.44. The minimum absolute atomic E-state index is 0.117. The Morgan fingerprint density at radius 3 is 2.94 bits per heavy atom. The Labute approximate surface area is 99.1 Å². The third kappa shape index (κ3) is 2.07. The molecule has 1 aromatic rings. The Morgan fingerprint density at radius 1 is 1.71 bits per heavy atom. The minimum atomic E-state index is -1.02. The number of aliphatic carboxylic acids is 1. The highest BCUT2D eigenvalue weighted by Crippen LogP contribution is 2.41. The van der Waals surface area contributed by atoms with Gasteiger partial charge in [0.05, 0.1) is 17.4 Å². The van der Waals surface area contributed by atoms with Gasteiger partial charge in [0.1, 0.15) is 11.6 Å². The third-order valence-corrected chi connectivity index (χ3v) is 3.17. The zero-order valence-corrected chi connectivity index (χ0v) is 9.47. The normalized spacial score (nSPS) is 17.9. The average Bonchev–Trinajstić information content (AvgIpc) is 3.13. The number of pyridine rings is 1. The smallest absolute Gasteiger partial charge is 0.329 e. The van der Waals surface area contributed by atoms with Crippen molar-refractivity contribution >= 4 is 11.7 Å². The van der Waals surface area contributed by atoms with Gasteiger partial charge >= 0.3 is 5.97 Å². The highest BCUT2D eigenvalue weighted by Gasteiger charge is 2.47. The molecule has 0 aromatic carbocycles. The zero-order chi connectivity index (χ0) is 12.5. The third-order valence-electron chi connectivity index (χ3n) is 3.17. The Bertz CT molecular complexity index is 491. The van der Waals surface area contributed by atoms with Crippen LogP contribution in [0.2, 0.25) is 0 Å². The molecule has 1 aromatic heterocycles. The first-order valence-corrected chi connectivity index (χ1v) is 5.43. The van der Waals surface area contributed by atoms with Crippen molar-refractivity contribution in [1.82, 2.24) is 4.98 Å². The van der Waals surface area contributed by atoms with Gasteiger partial charge in [-0.05, 0) is 31.7 Å². The number of rotatable bonds is 4. The molecule has 0 aliphatic heterocycles. The molecule has 5 nitrogen and oxygen atoms in total. The molecule has 0 amide bonds. The van der Waals surface area contributed by atoms with Crippen molar-refractivity contribution in [2.75, 3.05) is 5.32 Å². The number of carboxylic acids is 1. The summed E-state index contributed by atoms with van der Waals surface area (Å²) in [5, 5.41) is 21.2. The molecule has 1 atom stereocenters. The van der Waals surface area contributed by atoms with E-state index in [0.29, 0.717) is 11.3 Å². The molecule has 0 radical (unpaired) electrons. The van der Waals surface area contributed by atoms with Gasteiger partial charge < -0.3 is 10.4 Å². The Morgan fingerprint density at radius 2 is 2.41 bits per heavy atom. The first kappa shape index (κ1) is 11.4. The summed E-state index contributed by atoms with van der Waals surface area (Å²) >= 11 is 0. The maximum absolute atomic E-state index is 11.3. The summed E-state index contributed by atoms with van der Waals surface area (Å²) in [5.74, 6) is -0.778. The Kier molecular flexibility index (Phi) is 2.72. The number of nitrogens with one attached hydrogen (secondary N) is 1. The van der Waals surface area contributed by atoms with Crippen molar-refractivity contribution in [2.45, 2.75) is 25.3 Å². The molecule has 0 saturated heterocycles. The first-order valence-electron chi connectivity index (χ1n) is 5.43. The summed E-state index contributed by atoms with van der Waals surface area (Å²) < 4.78 is 0. The highest BCUT2D eigenvalue weighted by molar-refractivity contribution is 5.83. The zero-order valence-electron chi connectivity index (χ0n) is 9.47. The van der Waals surface area contributed by atoms with Gasteiger partial charge in [-0.3, -0.25) is 4.98 Å². The molecular formula is C12H13N3O2. The minimum Gasteiger partial charge on any atom is -0.480 e. The molecule has 1 saturated carbocycles. The topological polar surface area (TPSA) is 86.0 Å². The number of carbonyl (C=O) groups is 1. The molecule has 2 rings (SSSR count). The van der Waals surface area contributed by atoms with Crippen molar-refractivity contribution in [3.05, 3.63) is 24.0 Å². The molecule has 1 heterocycles. The van der Waals surface area contributed by atoms with E-state index in [1.165, 1.54) is 12.4 Å². The van der Waals surface area contributed by atoms with Gasteiger partial charge in [0.15, 0.2) is 0 Å². The van der Waals surface area contributed by atoms with Gasteiger partial charge in [-0.25, -0.2) is 4.79 Å². The summed E-state index contributed by atoms with van der Waals surface area (Å²) in [4.78, 5) is 15.3. The molecule has 1 aliphatic carbocycles. The van der Waals surface area contributed by atoms with Gasteiger partial charge in [0.25, 0.3) is 0 Å². The fourth-order valence-electron chi connectivity index (χ4n) is 1.86. The van der Waals surface area contributed by atoms with E-state index in [0.717, 1.165) is 12.8 Å². The van der Waals surface area contributed by atoms with Crippen molar-refractivity contribution < 1.29 is 9.90 Å². The lowest BCUT2D eigenvalue weighted by atomic mass is 9.95. The molecule has 88 valence electrons. The van der Waals surface area contributed by atoms with Crippen LogP contribution >= 0.6 is 0 Å². The van der Waals surface area contributed by atoms with Crippen LogP contribution in [0.15, 0.2) is 18.5 Å². The number of carboxylic acid groups (broad SMARTS) is 1. The van der Waals surface area contributed by atoms with Crippen LogP contribution in [0.4, 0.5) is 5.69 Å². The second-order valence-electron chi connectivity index (χ2n) is 4.44. The predicted octanol–water partition coefficient (Wildman–Crippen LogP) is 1.62. The molecule has 5 heteroatoms. The van der Waals surface area contributed by atoms with Crippen LogP contribution in [-0.2, 0) is 4.79 Å². The number of aromatic nitrogens is 1. The second kappa shape index (κ2) is 4.06. The lowest BCUT2D eigenvalue weighted by molar-refractivity contribution is -0.142. The fraction of sp³-hybridized carbons (Fsp3) is 0.417. The lowest BCUT2D eigenvalue weighted by Gasteiger charge is -2.27. The number of hydrogen-bond donors (Lipinski definition) is 2. The molecule has 17 heavy (non-hydrogen) atoms. The quantitative estimate of drug-likeness (QED) is 0.822.